The third kappa shape index (κ3) is 1310. The lowest BCUT2D eigenvalue weighted by Gasteiger charge is -1.90. The van der Waals surface area contributed by atoms with Gasteiger partial charge in [0.2, 0.25) is 0 Å². The summed E-state index contributed by atoms with van der Waals surface area (Å²) in [5.41, 5.74) is 0. The largest absolute Gasteiger partial charge is 0.312 e. The standard InChI is InChI=1S/C3H9N.C2H6S.BH3/c1-4(2)3;1-3-2;/h1-3H3;1-2H3;1H3. The van der Waals surface area contributed by atoms with E-state index >= 15 is 0 Å². The summed E-state index contributed by atoms with van der Waals surface area (Å²) < 4.78 is 0. The fourth-order valence-corrected chi connectivity index (χ4v) is 0. The summed E-state index contributed by atoms with van der Waals surface area (Å²) in [7, 11) is 6.00. The molecule has 52 valence electrons. The zero-order chi connectivity index (χ0) is 6.28. The van der Waals surface area contributed by atoms with Gasteiger partial charge in [-0.15, -0.1) is 0 Å². The summed E-state index contributed by atoms with van der Waals surface area (Å²) in [6.07, 6.45) is 4.08. The minimum absolute atomic E-state index is 0. The van der Waals surface area contributed by atoms with Gasteiger partial charge in [-0.05, 0) is 33.7 Å². The molecule has 0 atom stereocenters. The summed E-state index contributed by atoms with van der Waals surface area (Å²) in [6, 6.07) is 0. The minimum Gasteiger partial charge on any atom is -0.312 e. The highest BCUT2D eigenvalue weighted by molar-refractivity contribution is 7.97. The Morgan fingerprint density at radius 3 is 1.00 bits per heavy atom. The zero-order valence-electron chi connectivity index (χ0n) is 5.86. The highest BCUT2D eigenvalue weighted by Crippen LogP contribution is 1.70. The molecule has 0 aliphatic heterocycles. The predicted octanol–water partition coefficient (Wildman–Crippen LogP) is -0.0269. The van der Waals surface area contributed by atoms with Crippen LogP contribution in [0, 0.1) is 0 Å². The van der Waals surface area contributed by atoms with Gasteiger partial charge in [-0.25, -0.2) is 0 Å². The van der Waals surface area contributed by atoms with Crippen molar-refractivity contribution in [2.75, 3.05) is 33.7 Å². The van der Waals surface area contributed by atoms with E-state index in [-0.39, 0.29) is 8.41 Å². The van der Waals surface area contributed by atoms with Crippen molar-refractivity contribution < 1.29 is 0 Å². The van der Waals surface area contributed by atoms with Crippen molar-refractivity contribution in [3.8, 4) is 0 Å². The number of nitrogens with zero attached hydrogens (tertiary/aromatic N) is 1. The predicted molar refractivity (Wildman–Crippen MR) is 49.0 cm³/mol. The average Bonchev–Trinajstić information content (AvgIpc) is 1.33. The first kappa shape index (κ1) is 15.8. The second-order valence-corrected chi connectivity index (χ2v) is 2.57. The Balaban J connectivity index is -0.0000000575. The maximum Gasteiger partial charge on any atom is 0.0814 e. The van der Waals surface area contributed by atoms with E-state index < -0.39 is 0 Å². The third-order valence-electron chi connectivity index (χ3n) is 0. The summed E-state index contributed by atoms with van der Waals surface area (Å²) >= 11 is 1.75. The Morgan fingerprint density at radius 2 is 1.00 bits per heavy atom. The highest BCUT2D eigenvalue weighted by atomic mass is 32.2. The molecule has 0 amide bonds. The lowest BCUT2D eigenvalue weighted by atomic mass is 10.8. The molecule has 0 saturated heterocycles. The van der Waals surface area contributed by atoms with Crippen LogP contribution in [-0.2, 0) is 0 Å². The monoisotopic (exact) mass is 135 g/mol. The molecule has 0 fully saturated rings. The van der Waals surface area contributed by atoms with Crippen LogP contribution in [0.1, 0.15) is 0 Å². The normalized spacial score (nSPS) is 6.75. The van der Waals surface area contributed by atoms with Gasteiger partial charge in [0.15, 0.2) is 0 Å². The molecule has 1 nitrogen and oxygen atoms in total. The molecule has 0 N–H and O–H groups in total. The quantitative estimate of drug-likeness (QED) is 0.429. The first-order chi connectivity index (χ1) is 3.15. The Hall–Kier alpha value is 0.375. The van der Waals surface area contributed by atoms with Crippen LogP contribution >= 0.6 is 11.8 Å². The smallest absolute Gasteiger partial charge is 0.0814 e. The number of hydrogen-bond donors (Lipinski definition) is 0. The molecule has 0 radical (unpaired) electrons. The summed E-state index contributed by atoms with van der Waals surface area (Å²) in [4.78, 5) is 2.00. The SMILES string of the molecule is B.CN(C)C.CSC. The Morgan fingerprint density at radius 1 is 1.00 bits per heavy atom. The molecule has 0 bridgehead atoms. The van der Waals surface area contributed by atoms with Gasteiger partial charge in [0.05, 0.1) is 8.41 Å². The molecule has 0 rings (SSSR count). The minimum atomic E-state index is 0. The van der Waals surface area contributed by atoms with E-state index in [1.165, 1.54) is 0 Å². The van der Waals surface area contributed by atoms with Gasteiger partial charge in [0.25, 0.3) is 0 Å². The van der Waals surface area contributed by atoms with E-state index in [0.717, 1.165) is 0 Å². The van der Waals surface area contributed by atoms with Gasteiger partial charge in [-0.1, -0.05) is 0 Å². The van der Waals surface area contributed by atoms with Gasteiger partial charge < -0.3 is 4.90 Å². The molecule has 0 aliphatic carbocycles. The first-order valence-corrected chi connectivity index (χ1v) is 3.79. The van der Waals surface area contributed by atoms with Crippen LogP contribution in [0.2, 0.25) is 0 Å². The van der Waals surface area contributed by atoms with Gasteiger partial charge in [-0.3, -0.25) is 0 Å². The average molecular weight is 135 g/mol. The fraction of sp³-hybridized carbons (Fsp3) is 1.00. The van der Waals surface area contributed by atoms with Crippen molar-refractivity contribution in [3.63, 3.8) is 0 Å². The van der Waals surface area contributed by atoms with E-state index in [9.17, 15) is 0 Å². The lowest BCUT2D eigenvalue weighted by molar-refractivity contribution is 0.505. The highest BCUT2D eigenvalue weighted by Gasteiger charge is 1.58. The van der Waals surface area contributed by atoms with Gasteiger partial charge in [0.1, 0.15) is 0 Å². The number of rotatable bonds is 0. The van der Waals surface area contributed by atoms with Crippen LogP contribution in [0.25, 0.3) is 0 Å². The molecule has 0 aromatic rings. The topological polar surface area (TPSA) is 3.24 Å². The summed E-state index contributed by atoms with van der Waals surface area (Å²) in [5.74, 6) is 0. The molecule has 3 heteroatoms. The first-order valence-electron chi connectivity index (χ1n) is 2.16. The molecule has 0 spiro atoms. The van der Waals surface area contributed by atoms with Gasteiger partial charge in [0, 0.05) is 0 Å². The zero-order valence-corrected chi connectivity index (χ0v) is 6.67. The summed E-state index contributed by atoms with van der Waals surface area (Å²) in [5, 5.41) is 0. The molecule has 0 aromatic carbocycles. The number of thioether (sulfide) groups is 1. The van der Waals surface area contributed by atoms with Crippen LogP contribution in [0.4, 0.5) is 0 Å². The molecule has 0 aromatic heterocycles. The maximum absolute atomic E-state index is 2.04. The van der Waals surface area contributed by atoms with Crippen molar-refractivity contribution in [2.45, 2.75) is 0 Å². The van der Waals surface area contributed by atoms with Gasteiger partial charge in [-0.2, -0.15) is 11.8 Å². The Labute approximate surface area is 59.4 Å². The van der Waals surface area contributed by atoms with Crippen LogP contribution in [0.5, 0.6) is 0 Å². The van der Waals surface area contributed by atoms with Gasteiger partial charge >= 0.3 is 0 Å². The van der Waals surface area contributed by atoms with E-state index in [0.29, 0.717) is 0 Å². The Bertz CT molecular complexity index is 23.6. The Kier molecular flexibility index (Phi) is 30.9. The van der Waals surface area contributed by atoms with E-state index in [4.69, 9.17) is 0 Å². The van der Waals surface area contributed by atoms with E-state index in [2.05, 4.69) is 0 Å². The van der Waals surface area contributed by atoms with Crippen molar-refractivity contribution >= 4 is 20.2 Å². The van der Waals surface area contributed by atoms with Crippen LogP contribution in [0.3, 0.4) is 0 Å². The fourth-order valence-electron chi connectivity index (χ4n) is 0. The van der Waals surface area contributed by atoms with Crippen LogP contribution < -0.4 is 0 Å². The second kappa shape index (κ2) is 15.7. The van der Waals surface area contributed by atoms with E-state index in [1.807, 2.05) is 38.6 Å². The van der Waals surface area contributed by atoms with E-state index in [1.54, 1.807) is 11.8 Å². The molecular formula is C5H18BNS. The molecule has 0 aliphatic rings. The maximum atomic E-state index is 2.04. The molecule has 0 unspecified atom stereocenters. The number of hydrogen-bond acceptors (Lipinski definition) is 2. The van der Waals surface area contributed by atoms with Crippen molar-refractivity contribution in [3.05, 3.63) is 0 Å². The van der Waals surface area contributed by atoms with Crippen molar-refractivity contribution in [1.82, 2.24) is 4.90 Å². The van der Waals surface area contributed by atoms with Crippen LogP contribution in [-0.4, -0.2) is 47.0 Å². The lowest BCUT2D eigenvalue weighted by Crippen LogP contribution is -1.99. The third-order valence-corrected chi connectivity index (χ3v) is 0. The van der Waals surface area contributed by atoms with Crippen LogP contribution in [0.15, 0.2) is 0 Å². The summed E-state index contributed by atoms with van der Waals surface area (Å²) in [6.45, 7) is 0. The molecule has 8 heavy (non-hydrogen) atoms. The molecular weight excluding hydrogens is 117 g/mol. The van der Waals surface area contributed by atoms with Crippen molar-refractivity contribution in [1.29, 1.82) is 0 Å². The van der Waals surface area contributed by atoms with Crippen molar-refractivity contribution in [2.24, 2.45) is 0 Å². The molecule has 0 saturated carbocycles. The molecule has 0 heterocycles. The second-order valence-electron chi connectivity index (χ2n) is 1.75.